The maximum Gasteiger partial charge on any atom is 0.329 e. The van der Waals surface area contributed by atoms with Gasteiger partial charge in [0, 0.05) is 38.0 Å². The minimum atomic E-state index is -1.59. The molecule has 5 fully saturated rings. The molecule has 0 spiro atoms. The first-order valence-electron chi connectivity index (χ1n) is 13.8. The van der Waals surface area contributed by atoms with Crippen molar-refractivity contribution in [3.8, 4) is 0 Å². The second-order valence-corrected chi connectivity index (χ2v) is 12.0. The number of carbonyl (C=O) groups excluding carboxylic acids is 4. The molecule has 6 amide bonds. The number of halogens is 1. The second kappa shape index (κ2) is 10.2. The number of amides is 6. The lowest BCUT2D eigenvalue weighted by atomic mass is 9.77. The third-order valence-corrected chi connectivity index (χ3v) is 9.42. The van der Waals surface area contributed by atoms with E-state index < -0.39 is 41.8 Å². The summed E-state index contributed by atoms with van der Waals surface area (Å²) < 4.78 is 19.2. The van der Waals surface area contributed by atoms with E-state index >= 15 is 0 Å². The van der Waals surface area contributed by atoms with Gasteiger partial charge in [0.1, 0.15) is 23.1 Å². The molecule has 0 aromatic heterocycles. The van der Waals surface area contributed by atoms with Crippen LogP contribution in [-0.2, 0) is 14.3 Å². The van der Waals surface area contributed by atoms with Gasteiger partial charge in [-0.1, -0.05) is 0 Å². The predicted octanol–water partition coefficient (Wildman–Crippen LogP) is 0.694. The van der Waals surface area contributed by atoms with Gasteiger partial charge in [0.15, 0.2) is 6.23 Å². The lowest BCUT2D eigenvalue weighted by molar-refractivity contribution is -0.134. The maximum atomic E-state index is 14.0. The molecule has 2 saturated carbocycles. The van der Waals surface area contributed by atoms with E-state index in [0.717, 1.165) is 4.90 Å². The molecule has 1 unspecified atom stereocenters. The van der Waals surface area contributed by atoms with E-state index in [4.69, 9.17) is 16.2 Å². The van der Waals surface area contributed by atoms with Crippen molar-refractivity contribution in [1.29, 1.82) is 0 Å². The molecule has 5 aliphatic rings. The number of nitrogens with two attached hydrogens (primary N) is 2. The van der Waals surface area contributed by atoms with Crippen LogP contribution in [0.25, 0.3) is 0 Å². The lowest BCUT2D eigenvalue weighted by Gasteiger charge is -2.47. The Labute approximate surface area is 227 Å². The van der Waals surface area contributed by atoms with Crippen LogP contribution >= 0.6 is 0 Å². The largest absolute Gasteiger partial charge is 0.385 e. The van der Waals surface area contributed by atoms with E-state index in [1.165, 1.54) is 16.8 Å². The molecule has 39 heavy (non-hydrogen) atoms. The molecule has 5 rings (SSSR count). The molecule has 0 bridgehead atoms. The third kappa shape index (κ3) is 4.62. The van der Waals surface area contributed by atoms with Crippen molar-refractivity contribution in [1.82, 2.24) is 19.6 Å². The van der Waals surface area contributed by atoms with Gasteiger partial charge in [0.05, 0.1) is 13.2 Å². The molecule has 0 aromatic carbocycles. The van der Waals surface area contributed by atoms with Gasteiger partial charge in [-0.05, 0) is 57.8 Å². The SMILES string of the molecule is CN1C(=O)N(CC2COC2)[C@@](C)(CC2CCC(N3C(=O)N(C[C@@H]4CC[C@H]4F)C(=O)C(=C(N)N)C3O)CC2)C1=O. The van der Waals surface area contributed by atoms with Gasteiger partial charge >= 0.3 is 12.1 Å². The van der Waals surface area contributed by atoms with Gasteiger partial charge in [0.25, 0.3) is 11.8 Å². The fourth-order valence-corrected chi connectivity index (χ4v) is 6.75. The van der Waals surface area contributed by atoms with Crippen LogP contribution in [0, 0.1) is 17.8 Å². The fraction of sp³-hybridized carbons (Fsp3) is 0.769. The summed E-state index contributed by atoms with van der Waals surface area (Å²) in [6.07, 6.45) is 1.15. The summed E-state index contributed by atoms with van der Waals surface area (Å²) in [4.78, 5) is 57.6. The Kier molecular flexibility index (Phi) is 7.25. The molecule has 216 valence electrons. The number of carbonyl (C=O) groups is 4. The van der Waals surface area contributed by atoms with Crippen LogP contribution in [0.15, 0.2) is 11.4 Å². The number of alkyl halides is 1. The normalized spacial score (nSPS) is 36.0. The van der Waals surface area contributed by atoms with E-state index in [0.29, 0.717) is 64.7 Å². The Hall–Kier alpha value is -2.93. The number of aliphatic hydroxyl groups is 1. The van der Waals surface area contributed by atoms with Crippen LogP contribution in [0.5, 0.6) is 0 Å². The number of urea groups is 2. The quantitative estimate of drug-likeness (QED) is 0.308. The van der Waals surface area contributed by atoms with E-state index in [2.05, 4.69) is 0 Å². The van der Waals surface area contributed by atoms with Gasteiger partial charge in [-0.3, -0.25) is 24.3 Å². The van der Waals surface area contributed by atoms with Crippen LogP contribution in [0.2, 0.25) is 0 Å². The van der Waals surface area contributed by atoms with E-state index in [1.54, 1.807) is 4.90 Å². The molecule has 5 N–H and O–H groups in total. The maximum absolute atomic E-state index is 14.0. The third-order valence-electron chi connectivity index (χ3n) is 9.42. The monoisotopic (exact) mass is 550 g/mol. The zero-order valence-electron chi connectivity index (χ0n) is 22.6. The Morgan fingerprint density at radius 1 is 1.00 bits per heavy atom. The molecule has 13 heteroatoms. The highest BCUT2D eigenvalue weighted by atomic mass is 19.1. The van der Waals surface area contributed by atoms with Crippen molar-refractivity contribution in [3.05, 3.63) is 11.4 Å². The average molecular weight is 551 g/mol. The number of rotatable bonds is 7. The van der Waals surface area contributed by atoms with Gasteiger partial charge in [0.2, 0.25) is 0 Å². The van der Waals surface area contributed by atoms with E-state index in [-0.39, 0.29) is 41.7 Å². The Morgan fingerprint density at radius 2 is 1.67 bits per heavy atom. The Morgan fingerprint density at radius 3 is 2.18 bits per heavy atom. The number of likely N-dealkylation sites (N-methyl/N-ethyl adjacent to an activating group) is 1. The smallest absolute Gasteiger partial charge is 0.329 e. The summed E-state index contributed by atoms with van der Waals surface area (Å²) in [7, 11) is 1.51. The zero-order chi connectivity index (χ0) is 28.2. The summed E-state index contributed by atoms with van der Waals surface area (Å²) >= 11 is 0. The highest BCUT2D eigenvalue weighted by Gasteiger charge is 2.55. The van der Waals surface area contributed by atoms with Crippen LogP contribution in [0.1, 0.15) is 51.9 Å². The topological polar surface area (TPSA) is 163 Å². The van der Waals surface area contributed by atoms with Gasteiger partial charge < -0.3 is 26.2 Å². The van der Waals surface area contributed by atoms with Crippen molar-refractivity contribution < 1.29 is 33.4 Å². The summed E-state index contributed by atoms with van der Waals surface area (Å²) in [5, 5.41) is 11.0. The van der Waals surface area contributed by atoms with Crippen molar-refractivity contribution in [2.45, 2.75) is 75.8 Å². The summed E-state index contributed by atoms with van der Waals surface area (Å²) in [5.74, 6) is -1.49. The Bertz CT molecular complexity index is 1070. The minimum absolute atomic E-state index is 0.0853. The average Bonchev–Trinajstić information content (AvgIpc) is 3.00. The van der Waals surface area contributed by atoms with Crippen molar-refractivity contribution >= 4 is 23.9 Å². The molecule has 12 nitrogen and oxygen atoms in total. The fourth-order valence-electron chi connectivity index (χ4n) is 6.75. The molecule has 0 radical (unpaired) electrons. The lowest BCUT2D eigenvalue weighted by Crippen LogP contribution is -2.63. The number of nitrogens with zero attached hydrogens (tertiary/aromatic N) is 4. The van der Waals surface area contributed by atoms with Gasteiger partial charge in [-0.15, -0.1) is 0 Å². The number of imide groups is 2. The van der Waals surface area contributed by atoms with Crippen LogP contribution in [-0.4, -0.2) is 106 Å². The van der Waals surface area contributed by atoms with Crippen molar-refractivity contribution in [2.24, 2.45) is 29.2 Å². The van der Waals surface area contributed by atoms with E-state index in [1.807, 2.05) is 6.92 Å². The first-order chi connectivity index (χ1) is 18.4. The van der Waals surface area contributed by atoms with E-state index in [9.17, 15) is 28.7 Å². The van der Waals surface area contributed by atoms with Crippen LogP contribution in [0.3, 0.4) is 0 Å². The minimum Gasteiger partial charge on any atom is -0.385 e. The molecule has 3 aliphatic heterocycles. The number of aliphatic hydroxyl groups excluding tert-OH is 1. The highest BCUT2D eigenvalue weighted by molar-refractivity contribution is 6.08. The standard InChI is InChI=1S/C26H39FN6O6/c1-26(23(36)30(2)24(37)32(26)10-15-12-39-13-15)9-14-3-6-17(7-4-14)33-22(35)19(20(28)29)21(34)31(25(33)38)11-16-5-8-18(16)27/h14-18,22,35H,3-13,28-29H2,1-2H3/t14?,16-,17?,18+,22?,26-/m0/s1. The molecule has 3 saturated heterocycles. The molecule has 4 atom stereocenters. The molecular formula is C26H39FN6O6. The zero-order valence-corrected chi connectivity index (χ0v) is 22.6. The molecule has 3 heterocycles. The highest BCUT2D eigenvalue weighted by Crippen LogP contribution is 2.41. The predicted molar refractivity (Wildman–Crippen MR) is 136 cm³/mol. The molecular weight excluding hydrogens is 511 g/mol. The summed E-state index contributed by atoms with van der Waals surface area (Å²) in [6.45, 7) is 3.35. The summed E-state index contributed by atoms with van der Waals surface area (Å²) in [6, 6.07) is -1.36. The first kappa shape index (κ1) is 27.6. The Balaban J connectivity index is 1.28. The van der Waals surface area contributed by atoms with Crippen LogP contribution in [0.4, 0.5) is 14.0 Å². The van der Waals surface area contributed by atoms with Gasteiger partial charge in [-0.2, -0.15) is 0 Å². The van der Waals surface area contributed by atoms with Crippen LogP contribution < -0.4 is 11.5 Å². The van der Waals surface area contributed by atoms with Crippen molar-refractivity contribution in [2.75, 3.05) is 33.4 Å². The molecule has 2 aliphatic carbocycles. The number of hydrogen-bond acceptors (Lipinski definition) is 8. The summed E-state index contributed by atoms with van der Waals surface area (Å²) in [5.41, 5.74) is 10.3. The van der Waals surface area contributed by atoms with Crippen molar-refractivity contribution in [3.63, 3.8) is 0 Å². The first-order valence-corrected chi connectivity index (χ1v) is 13.8. The van der Waals surface area contributed by atoms with Gasteiger partial charge in [-0.25, -0.2) is 14.0 Å². The second-order valence-electron chi connectivity index (χ2n) is 12.0. The number of ether oxygens (including phenoxy) is 1. The molecule has 0 aromatic rings. The number of hydrogen-bond donors (Lipinski definition) is 3.